The summed E-state index contributed by atoms with van der Waals surface area (Å²) in [6.07, 6.45) is 0.906. The third-order valence-electron chi connectivity index (χ3n) is 2.76. The van der Waals surface area contributed by atoms with Gasteiger partial charge in [-0.3, -0.25) is 9.59 Å². The highest BCUT2D eigenvalue weighted by molar-refractivity contribution is 7.13. The fourth-order valence-electron chi connectivity index (χ4n) is 1.86. The molecule has 0 aliphatic heterocycles. The molecular weight excluding hydrogens is 302 g/mol. The van der Waals surface area contributed by atoms with Gasteiger partial charge in [0.25, 0.3) is 0 Å². The van der Waals surface area contributed by atoms with E-state index >= 15 is 0 Å². The number of rotatable bonds is 6. The molecule has 0 radical (unpaired) electrons. The topological polar surface area (TPSA) is 69.4 Å². The van der Waals surface area contributed by atoms with Gasteiger partial charge in [0.15, 0.2) is 11.5 Å². The van der Waals surface area contributed by atoms with E-state index in [1.165, 1.54) is 11.3 Å². The lowest BCUT2D eigenvalue weighted by atomic mass is 10.1. The van der Waals surface area contributed by atoms with Gasteiger partial charge in [0.2, 0.25) is 0 Å². The van der Waals surface area contributed by atoms with Crippen LogP contribution in [0.4, 0.5) is 0 Å². The quantitative estimate of drug-likeness (QED) is 0.592. The van der Waals surface area contributed by atoms with Gasteiger partial charge in [0, 0.05) is 18.9 Å². The van der Waals surface area contributed by atoms with E-state index in [1.54, 1.807) is 6.07 Å². The van der Waals surface area contributed by atoms with Crippen molar-refractivity contribution in [1.29, 1.82) is 0 Å². The van der Waals surface area contributed by atoms with Crippen LogP contribution >= 0.6 is 11.3 Å². The Labute approximate surface area is 133 Å². The van der Waals surface area contributed by atoms with E-state index < -0.39 is 5.60 Å². The molecule has 0 aliphatic carbocycles. The summed E-state index contributed by atoms with van der Waals surface area (Å²) in [6, 6.07) is 5.45. The van der Waals surface area contributed by atoms with Crippen LogP contribution in [-0.4, -0.2) is 22.5 Å². The number of carbonyl (C=O) groups is 2. The maximum absolute atomic E-state index is 12.0. The summed E-state index contributed by atoms with van der Waals surface area (Å²) in [4.78, 5) is 24.5. The molecule has 118 valence electrons. The average molecular weight is 321 g/mol. The van der Waals surface area contributed by atoms with Gasteiger partial charge in [-0.25, -0.2) is 0 Å². The molecule has 0 spiro atoms. The van der Waals surface area contributed by atoms with Crippen LogP contribution in [-0.2, 0) is 9.53 Å². The van der Waals surface area contributed by atoms with E-state index in [0.29, 0.717) is 17.9 Å². The second-order valence-corrected chi connectivity index (χ2v) is 6.86. The third-order valence-corrected chi connectivity index (χ3v) is 3.65. The van der Waals surface area contributed by atoms with Crippen LogP contribution in [0.5, 0.6) is 0 Å². The summed E-state index contributed by atoms with van der Waals surface area (Å²) in [5.41, 5.74) is -0.199. The highest BCUT2D eigenvalue weighted by Gasteiger charge is 2.18. The summed E-state index contributed by atoms with van der Waals surface area (Å²) < 4.78 is 10.4. The fourth-order valence-corrected chi connectivity index (χ4v) is 2.53. The molecule has 0 N–H and O–H groups in total. The Morgan fingerprint density at radius 1 is 1.32 bits per heavy atom. The number of thiophene rings is 1. The molecule has 0 saturated heterocycles. The zero-order valence-corrected chi connectivity index (χ0v) is 13.7. The number of esters is 1. The van der Waals surface area contributed by atoms with Gasteiger partial charge < -0.3 is 9.26 Å². The number of hydrogen-bond donors (Lipinski definition) is 0. The molecule has 6 heteroatoms. The number of Topliss-reactive ketones (excluding diaryl/α,β-unsaturated/α-hetero) is 1. The minimum Gasteiger partial charge on any atom is -0.460 e. The Kier molecular flexibility index (Phi) is 5.13. The van der Waals surface area contributed by atoms with Gasteiger partial charge in [-0.1, -0.05) is 11.2 Å². The zero-order chi connectivity index (χ0) is 16.2. The monoisotopic (exact) mass is 321 g/mol. The minimum atomic E-state index is -0.497. The van der Waals surface area contributed by atoms with Crippen molar-refractivity contribution in [2.45, 2.75) is 45.6 Å². The van der Waals surface area contributed by atoms with Crippen LogP contribution in [0.25, 0.3) is 10.6 Å². The van der Waals surface area contributed by atoms with Crippen molar-refractivity contribution in [3.8, 4) is 10.6 Å². The number of hydrogen-bond acceptors (Lipinski definition) is 6. The van der Waals surface area contributed by atoms with Crippen LogP contribution in [0.3, 0.4) is 0 Å². The molecule has 0 unspecified atom stereocenters. The van der Waals surface area contributed by atoms with Crippen LogP contribution in [0, 0.1) is 0 Å². The lowest BCUT2D eigenvalue weighted by Gasteiger charge is -2.19. The molecule has 0 bridgehead atoms. The third kappa shape index (κ3) is 4.80. The van der Waals surface area contributed by atoms with Crippen molar-refractivity contribution in [1.82, 2.24) is 5.16 Å². The van der Waals surface area contributed by atoms with Gasteiger partial charge in [0.1, 0.15) is 11.3 Å². The second-order valence-electron chi connectivity index (χ2n) is 5.92. The predicted molar refractivity (Wildman–Crippen MR) is 83.8 cm³/mol. The van der Waals surface area contributed by atoms with E-state index in [4.69, 9.17) is 9.26 Å². The molecule has 2 heterocycles. The number of aromatic nitrogens is 1. The van der Waals surface area contributed by atoms with Crippen LogP contribution in [0.1, 0.15) is 50.5 Å². The highest BCUT2D eigenvalue weighted by Crippen LogP contribution is 2.25. The maximum atomic E-state index is 12.0. The Bertz CT molecular complexity index is 637. The van der Waals surface area contributed by atoms with Crippen LogP contribution in [0.15, 0.2) is 28.1 Å². The largest absolute Gasteiger partial charge is 0.460 e. The molecule has 0 atom stereocenters. The Hall–Kier alpha value is -1.95. The zero-order valence-electron chi connectivity index (χ0n) is 12.9. The van der Waals surface area contributed by atoms with Crippen molar-refractivity contribution in [2.75, 3.05) is 0 Å². The summed E-state index contributed by atoms with van der Waals surface area (Å²) in [5, 5.41) is 5.73. The normalized spacial score (nSPS) is 11.4. The highest BCUT2D eigenvalue weighted by atomic mass is 32.1. The lowest BCUT2D eigenvalue weighted by molar-refractivity contribution is -0.154. The number of ether oxygens (including phenoxy) is 1. The number of ketones is 1. The fraction of sp³-hybridized carbons (Fsp3) is 0.438. The van der Waals surface area contributed by atoms with Gasteiger partial charge in [-0.2, -0.15) is 0 Å². The molecule has 22 heavy (non-hydrogen) atoms. The summed E-state index contributed by atoms with van der Waals surface area (Å²) in [5.74, 6) is 0.167. The molecule has 0 fully saturated rings. The predicted octanol–water partition coefficient (Wildman–Crippen LogP) is 4.10. The van der Waals surface area contributed by atoms with Crippen molar-refractivity contribution in [3.63, 3.8) is 0 Å². The average Bonchev–Trinajstić information content (AvgIpc) is 3.07. The Morgan fingerprint density at radius 3 is 2.73 bits per heavy atom. The first-order valence-corrected chi connectivity index (χ1v) is 7.99. The van der Waals surface area contributed by atoms with E-state index in [9.17, 15) is 9.59 Å². The molecule has 5 nitrogen and oxygen atoms in total. The number of nitrogens with zero attached hydrogens (tertiary/aromatic N) is 1. The molecule has 0 saturated carbocycles. The van der Waals surface area contributed by atoms with Crippen LogP contribution in [0.2, 0.25) is 0 Å². The molecule has 2 aromatic rings. The lowest BCUT2D eigenvalue weighted by Crippen LogP contribution is -2.23. The minimum absolute atomic E-state index is 0.130. The first-order valence-electron chi connectivity index (χ1n) is 7.11. The van der Waals surface area contributed by atoms with Gasteiger partial charge in [-0.15, -0.1) is 11.3 Å². The molecule has 0 aliphatic rings. The smallest absolute Gasteiger partial charge is 0.306 e. The number of carbonyl (C=O) groups excluding carboxylic acids is 2. The van der Waals surface area contributed by atoms with E-state index in [-0.39, 0.29) is 24.6 Å². The molecule has 2 rings (SSSR count). The first-order chi connectivity index (χ1) is 10.3. The van der Waals surface area contributed by atoms with Crippen molar-refractivity contribution >= 4 is 23.1 Å². The standard InChI is InChI=1S/C16H19NO4S/c1-16(2,3)20-15(19)8-4-6-12(18)11-10-13(21-17-11)14-7-5-9-22-14/h5,7,9-10H,4,6,8H2,1-3H3. The molecule has 0 amide bonds. The summed E-state index contributed by atoms with van der Waals surface area (Å²) in [6.45, 7) is 5.45. The molecule has 2 aromatic heterocycles. The van der Waals surface area contributed by atoms with Crippen molar-refractivity contribution < 1.29 is 18.8 Å². The SMILES string of the molecule is CC(C)(C)OC(=O)CCCC(=O)c1cc(-c2cccs2)on1. The first kappa shape index (κ1) is 16.4. The maximum Gasteiger partial charge on any atom is 0.306 e. The molecule has 0 aromatic carbocycles. The Morgan fingerprint density at radius 2 is 2.09 bits per heavy atom. The van der Waals surface area contributed by atoms with Crippen molar-refractivity contribution in [3.05, 3.63) is 29.3 Å². The molecular formula is C16H19NO4S. The van der Waals surface area contributed by atoms with Gasteiger partial charge in [0.05, 0.1) is 4.88 Å². The summed E-state index contributed by atoms with van der Waals surface area (Å²) in [7, 11) is 0. The summed E-state index contributed by atoms with van der Waals surface area (Å²) >= 11 is 1.52. The van der Waals surface area contributed by atoms with Crippen molar-refractivity contribution in [2.24, 2.45) is 0 Å². The van der Waals surface area contributed by atoms with Gasteiger partial charge in [-0.05, 0) is 38.6 Å². The second kappa shape index (κ2) is 6.87. The van der Waals surface area contributed by atoms with E-state index in [1.807, 2.05) is 38.3 Å². The Balaban J connectivity index is 1.82. The van der Waals surface area contributed by atoms with E-state index in [2.05, 4.69) is 5.16 Å². The van der Waals surface area contributed by atoms with Gasteiger partial charge >= 0.3 is 5.97 Å². The van der Waals surface area contributed by atoms with E-state index in [0.717, 1.165) is 4.88 Å². The van der Waals surface area contributed by atoms with Crippen LogP contribution < -0.4 is 0 Å².